The number of hydrogen-bond donors (Lipinski definition) is 1. The molecule has 1 aromatic heterocycles. The largest absolute Gasteiger partial charge is 0.465 e. The van der Waals surface area contributed by atoms with Crippen LogP contribution in [0.2, 0.25) is 0 Å². The molecule has 1 aromatic rings. The molecule has 0 spiro atoms. The molecule has 0 bridgehead atoms. The zero-order valence-corrected chi connectivity index (χ0v) is 10.7. The molecule has 96 valence electrons. The number of nitrogens with zero attached hydrogens (tertiary/aromatic N) is 1. The van der Waals surface area contributed by atoms with Crippen molar-refractivity contribution in [3.63, 3.8) is 0 Å². The number of hydroxylamine groups is 2. The summed E-state index contributed by atoms with van der Waals surface area (Å²) in [4.78, 5) is 5.72. The molecule has 2 heterocycles. The maximum Gasteiger partial charge on any atom is 0.125 e. The molecule has 1 aliphatic heterocycles. The van der Waals surface area contributed by atoms with Gasteiger partial charge in [-0.1, -0.05) is 6.92 Å². The highest BCUT2D eigenvalue weighted by molar-refractivity contribution is 5.11. The van der Waals surface area contributed by atoms with Crippen LogP contribution in [0.4, 0.5) is 0 Å². The molecule has 1 saturated heterocycles. The summed E-state index contributed by atoms with van der Waals surface area (Å²) >= 11 is 0. The lowest BCUT2D eigenvalue weighted by Gasteiger charge is -2.35. The van der Waals surface area contributed by atoms with E-state index in [9.17, 15) is 0 Å². The fourth-order valence-electron chi connectivity index (χ4n) is 2.24. The summed E-state index contributed by atoms with van der Waals surface area (Å²) in [5, 5.41) is 2.00. The number of hydrogen-bond acceptors (Lipinski definition) is 4. The van der Waals surface area contributed by atoms with Crippen LogP contribution in [0.1, 0.15) is 43.7 Å². The number of nitrogens with two attached hydrogens (primary N) is 1. The Kier molecular flexibility index (Phi) is 4.20. The van der Waals surface area contributed by atoms with Crippen LogP contribution in [0, 0.1) is 6.92 Å². The van der Waals surface area contributed by atoms with Crippen molar-refractivity contribution in [2.75, 3.05) is 13.2 Å². The van der Waals surface area contributed by atoms with Gasteiger partial charge in [0.25, 0.3) is 0 Å². The maximum absolute atomic E-state index is 6.21. The van der Waals surface area contributed by atoms with E-state index >= 15 is 0 Å². The van der Waals surface area contributed by atoms with Crippen molar-refractivity contribution in [2.24, 2.45) is 5.73 Å². The fraction of sp³-hybridized carbons (Fsp3) is 0.692. The zero-order valence-electron chi connectivity index (χ0n) is 10.7. The normalized spacial score (nSPS) is 21.4. The standard InChI is InChI=1S/C13H22N2O2/c1-3-11(14)13(12-7-6-10(2)17-12)15-8-4-5-9-16-15/h6-7,11,13H,3-5,8-9,14H2,1-2H3. The van der Waals surface area contributed by atoms with E-state index in [0.717, 1.165) is 43.9 Å². The highest BCUT2D eigenvalue weighted by Gasteiger charge is 2.30. The Morgan fingerprint density at radius 1 is 1.41 bits per heavy atom. The summed E-state index contributed by atoms with van der Waals surface area (Å²) in [6.45, 7) is 5.76. The molecular formula is C13H22N2O2. The van der Waals surface area contributed by atoms with Crippen LogP contribution in [0.25, 0.3) is 0 Å². The topological polar surface area (TPSA) is 51.6 Å². The summed E-state index contributed by atoms with van der Waals surface area (Å²) < 4.78 is 5.72. The molecule has 0 radical (unpaired) electrons. The molecule has 2 unspecified atom stereocenters. The molecule has 0 aliphatic carbocycles. The van der Waals surface area contributed by atoms with Crippen molar-refractivity contribution in [3.8, 4) is 0 Å². The van der Waals surface area contributed by atoms with Crippen molar-refractivity contribution in [1.82, 2.24) is 5.06 Å². The predicted octanol–water partition coefficient (Wildman–Crippen LogP) is 2.39. The van der Waals surface area contributed by atoms with Crippen molar-refractivity contribution >= 4 is 0 Å². The van der Waals surface area contributed by atoms with Crippen molar-refractivity contribution in [1.29, 1.82) is 0 Å². The van der Waals surface area contributed by atoms with Gasteiger partial charge < -0.3 is 10.2 Å². The van der Waals surface area contributed by atoms with Crippen LogP contribution >= 0.6 is 0 Å². The number of furan rings is 1. The lowest BCUT2D eigenvalue weighted by molar-refractivity contribution is -0.215. The Balaban J connectivity index is 2.17. The smallest absolute Gasteiger partial charge is 0.125 e. The predicted molar refractivity (Wildman–Crippen MR) is 66.3 cm³/mol. The van der Waals surface area contributed by atoms with Gasteiger partial charge in [-0.3, -0.25) is 4.84 Å². The van der Waals surface area contributed by atoms with Crippen molar-refractivity contribution in [3.05, 3.63) is 23.7 Å². The monoisotopic (exact) mass is 238 g/mol. The number of rotatable bonds is 4. The van der Waals surface area contributed by atoms with Gasteiger partial charge in [0.1, 0.15) is 17.6 Å². The SMILES string of the molecule is CCC(N)C(c1ccc(C)o1)N1CCCCO1. The van der Waals surface area contributed by atoms with Gasteiger partial charge in [0.2, 0.25) is 0 Å². The van der Waals surface area contributed by atoms with Crippen LogP contribution in [-0.4, -0.2) is 24.3 Å². The lowest BCUT2D eigenvalue weighted by atomic mass is 10.0. The Bertz CT molecular complexity index is 345. The minimum Gasteiger partial charge on any atom is -0.465 e. The molecule has 0 aromatic carbocycles. The molecule has 4 nitrogen and oxygen atoms in total. The van der Waals surface area contributed by atoms with E-state index in [0.29, 0.717) is 0 Å². The second-order valence-electron chi connectivity index (χ2n) is 4.65. The highest BCUT2D eigenvalue weighted by Crippen LogP contribution is 2.28. The van der Waals surface area contributed by atoms with E-state index in [-0.39, 0.29) is 12.1 Å². The van der Waals surface area contributed by atoms with Crippen molar-refractivity contribution < 1.29 is 9.25 Å². The Labute approximate surface area is 103 Å². The second-order valence-corrected chi connectivity index (χ2v) is 4.65. The van der Waals surface area contributed by atoms with E-state index in [1.54, 1.807) is 0 Å². The second kappa shape index (κ2) is 5.67. The van der Waals surface area contributed by atoms with E-state index in [4.69, 9.17) is 15.0 Å². The molecular weight excluding hydrogens is 216 g/mol. The van der Waals surface area contributed by atoms with E-state index in [1.165, 1.54) is 0 Å². The lowest BCUT2D eigenvalue weighted by Crippen LogP contribution is -2.43. The third-order valence-corrected chi connectivity index (χ3v) is 3.27. The first kappa shape index (κ1) is 12.6. The van der Waals surface area contributed by atoms with Gasteiger partial charge in [-0.15, -0.1) is 0 Å². The third kappa shape index (κ3) is 2.89. The number of aryl methyl sites for hydroxylation is 1. The van der Waals surface area contributed by atoms with Crippen LogP contribution in [-0.2, 0) is 4.84 Å². The molecule has 2 rings (SSSR count). The van der Waals surface area contributed by atoms with Crippen LogP contribution in [0.5, 0.6) is 0 Å². The minimum atomic E-state index is 0.0361. The first-order valence-corrected chi connectivity index (χ1v) is 6.44. The van der Waals surface area contributed by atoms with E-state index in [1.807, 2.05) is 24.1 Å². The van der Waals surface area contributed by atoms with Gasteiger partial charge >= 0.3 is 0 Å². The fourth-order valence-corrected chi connectivity index (χ4v) is 2.24. The van der Waals surface area contributed by atoms with Crippen LogP contribution in [0.15, 0.2) is 16.5 Å². The van der Waals surface area contributed by atoms with Gasteiger partial charge in [0.15, 0.2) is 0 Å². The summed E-state index contributed by atoms with van der Waals surface area (Å²) in [5.74, 6) is 1.84. The summed E-state index contributed by atoms with van der Waals surface area (Å²) in [6, 6.07) is 4.06. The molecule has 1 fully saturated rings. The van der Waals surface area contributed by atoms with E-state index in [2.05, 4.69) is 6.92 Å². The van der Waals surface area contributed by atoms with E-state index < -0.39 is 0 Å². The van der Waals surface area contributed by atoms with Gasteiger partial charge in [-0.05, 0) is 38.3 Å². The molecule has 17 heavy (non-hydrogen) atoms. The first-order chi connectivity index (χ1) is 8.22. The molecule has 0 saturated carbocycles. The zero-order chi connectivity index (χ0) is 12.3. The van der Waals surface area contributed by atoms with Crippen LogP contribution < -0.4 is 5.73 Å². The Hall–Kier alpha value is -0.840. The average Bonchev–Trinajstić information content (AvgIpc) is 2.77. The minimum absolute atomic E-state index is 0.0361. The third-order valence-electron chi connectivity index (χ3n) is 3.27. The summed E-state index contributed by atoms with van der Waals surface area (Å²) in [6.07, 6.45) is 3.19. The van der Waals surface area contributed by atoms with Gasteiger partial charge in [-0.2, -0.15) is 5.06 Å². The highest BCUT2D eigenvalue weighted by atomic mass is 16.7. The molecule has 2 atom stereocenters. The summed E-state index contributed by atoms with van der Waals surface area (Å²) in [5.41, 5.74) is 6.21. The Morgan fingerprint density at radius 2 is 2.24 bits per heavy atom. The molecule has 2 N–H and O–H groups in total. The maximum atomic E-state index is 6.21. The first-order valence-electron chi connectivity index (χ1n) is 6.44. The molecule has 4 heteroatoms. The van der Waals surface area contributed by atoms with Gasteiger partial charge in [-0.25, -0.2) is 0 Å². The van der Waals surface area contributed by atoms with Crippen molar-refractivity contribution in [2.45, 2.75) is 45.2 Å². The van der Waals surface area contributed by atoms with Gasteiger partial charge in [0, 0.05) is 12.6 Å². The molecule has 1 aliphatic rings. The summed E-state index contributed by atoms with van der Waals surface area (Å²) in [7, 11) is 0. The molecule has 0 amide bonds. The quantitative estimate of drug-likeness (QED) is 0.875. The van der Waals surface area contributed by atoms with Gasteiger partial charge in [0.05, 0.1) is 6.61 Å². The van der Waals surface area contributed by atoms with Crippen LogP contribution in [0.3, 0.4) is 0 Å². The average molecular weight is 238 g/mol. The Morgan fingerprint density at radius 3 is 2.76 bits per heavy atom.